The van der Waals surface area contributed by atoms with Gasteiger partial charge < -0.3 is 4.74 Å². The van der Waals surface area contributed by atoms with Crippen LogP contribution in [0, 0.1) is 0 Å². The van der Waals surface area contributed by atoms with Crippen molar-refractivity contribution in [1.82, 2.24) is 0 Å². The summed E-state index contributed by atoms with van der Waals surface area (Å²) in [4.78, 5) is 0. The highest BCUT2D eigenvalue weighted by atomic mass is 16.5. The van der Waals surface area contributed by atoms with Crippen molar-refractivity contribution in [2.24, 2.45) is 0 Å². The Hall–Kier alpha value is -5.92. The summed E-state index contributed by atoms with van der Waals surface area (Å²) in [7, 11) is 0. The maximum Gasteiger partial charge on any atom is 0.128 e. The normalized spacial score (nSPS) is 12.7. The lowest BCUT2D eigenvalue weighted by Crippen LogP contribution is -2.11. The van der Waals surface area contributed by atoms with E-state index in [4.69, 9.17) is 4.74 Å². The van der Waals surface area contributed by atoms with Gasteiger partial charge in [0, 0.05) is 5.56 Å². The van der Waals surface area contributed by atoms with Crippen LogP contribution in [0.25, 0.3) is 98.0 Å². The molecule has 0 aliphatic heterocycles. The van der Waals surface area contributed by atoms with E-state index in [1.807, 2.05) is 0 Å². The van der Waals surface area contributed by atoms with Crippen molar-refractivity contribution in [1.29, 1.82) is 0 Å². The van der Waals surface area contributed by atoms with Crippen LogP contribution in [0.4, 0.5) is 0 Å². The van der Waals surface area contributed by atoms with Crippen molar-refractivity contribution in [3.8, 4) is 39.1 Å². The lowest BCUT2D eigenvalue weighted by Gasteiger charge is -2.25. The van der Waals surface area contributed by atoms with Gasteiger partial charge in [0.1, 0.15) is 5.75 Å². The SMILES string of the molecule is CCCCCOc1cc2ccc3cc(C(C)(C)C)cc4ccc(c1-c1cc(-c5cccc(-c6ccccc6)c5)c5ccc6cc(C(C)(C)C)cc7ccc1c5c67)c2c34. The van der Waals surface area contributed by atoms with Gasteiger partial charge in [-0.1, -0.05) is 183 Å². The molecule has 0 bridgehead atoms. The minimum atomic E-state index is 0.0397. The lowest BCUT2D eigenvalue weighted by molar-refractivity contribution is 0.308. The molecule has 10 aromatic rings. The lowest BCUT2D eigenvalue weighted by atomic mass is 9.80. The minimum Gasteiger partial charge on any atom is -0.493 e. The van der Waals surface area contributed by atoms with E-state index >= 15 is 0 Å². The molecule has 58 heavy (non-hydrogen) atoms. The van der Waals surface area contributed by atoms with E-state index in [1.165, 1.54) is 109 Å². The van der Waals surface area contributed by atoms with Gasteiger partial charge in [-0.25, -0.2) is 0 Å². The standard InChI is InChI=1S/C57H52O/c1-8-9-13-27-58-50-33-42-20-19-38-29-43(56(2,3)4)30-39-23-26-47(53(42)51(38)39)54(50)49-34-48(37-18-14-17-36(28-37)35-15-11-10-12-16-35)45-24-21-40-31-44(57(5,6)7)32-41-22-25-46(49)55(45)52(40)41/h10-12,14-26,28-34H,8-9,13,27H2,1-7H3. The van der Waals surface area contributed by atoms with Crippen molar-refractivity contribution in [2.75, 3.05) is 6.61 Å². The molecule has 10 aromatic carbocycles. The third-order valence-electron chi connectivity index (χ3n) is 12.7. The smallest absolute Gasteiger partial charge is 0.128 e. The molecule has 10 rings (SSSR count). The molecule has 286 valence electrons. The first-order chi connectivity index (χ1) is 28.0. The molecule has 0 aliphatic carbocycles. The molecule has 0 atom stereocenters. The van der Waals surface area contributed by atoms with Gasteiger partial charge in [-0.3, -0.25) is 0 Å². The van der Waals surface area contributed by atoms with Crippen molar-refractivity contribution >= 4 is 64.6 Å². The molecule has 0 N–H and O–H groups in total. The molecule has 0 aliphatic rings. The first-order valence-corrected chi connectivity index (χ1v) is 21.3. The Balaban J connectivity index is 1.33. The molecular weight excluding hydrogens is 701 g/mol. The summed E-state index contributed by atoms with van der Waals surface area (Å²) in [6.07, 6.45) is 3.34. The average Bonchev–Trinajstić information content (AvgIpc) is 3.22. The van der Waals surface area contributed by atoms with Crippen LogP contribution in [0.15, 0.2) is 140 Å². The van der Waals surface area contributed by atoms with Gasteiger partial charge in [0.25, 0.3) is 0 Å². The van der Waals surface area contributed by atoms with Gasteiger partial charge in [0.15, 0.2) is 0 Å². The van der Waals surface area contributed by atoms with E-state index in [9.17, 15) is 0 Å². The van der Waals surface area contributed by atoms with Gasteiger partial charge >= 0.3 is 0 Å². The average molecular weight is 753 g/mol. The van der Waals surface area contributed by atoms with Gasteiger partial charge in [-0.2, -0.15) is 0 Å². The predicted octanol–water partition coefficient (Wildman–Crippen LogP) is 16.6. The van der Waals surface area contributed by atoms with Crippen LogP contribution < -0.4 is 4.74 Å². The largest absolute Gasteiger partial charge is 0.493 e. The first-order valence-electron chi connectivity index (χ1n) is 21.3. The Labute approximate surface area is 343 Å². The number of hydrogen-bond acceptors (Lipinski definition) is 1. The topological polar surface area (TPSA) is 9.23 Å². The second-order valence-corrected chi connectivity index (χ2v) is 18.7. The minimum absolute atomic E-state index is 0.0397. The van der Waals surface area contributed by atoms with Crippen molar-refractivity contribution in [2.45, 2.75) is 78.6 Å². The fraction of sp³-hybridized carbons (Fsp3) is 0.228. The fourth-order valence-corrected chi connectivity index (χ4v) is 9.52. The summed E-state index contributed by atoms with van der Waals surface area (Å²) in [5.41, 5.74) is 10.1. The van der Waals surface area contributed by atoms with Crippen LogP contribution in [-0.2, 0) is 10.8 Å². The maximum atomic E-state index is 6.97. The zero-order valence-electron chi connectivity index (χ0n) is 35.0. The molecule has 1 heteroatoms. The van der Waals surface area contributed by atoms with Crippen molar-refractivity contribution < 1.29 is 4.74 Å². The predicted molar refractivity (Wildman–Crippen MR) is 253 cm³/mol. The highest BCUT2D eigenvalue weighted by Gasteiger charge is 2.25. The van der Waals surface area contributed by atoms with Crippen LogP contribution in [0.3, 0.4) is 0 Å². The quantitative estimate of drug-likeness (QED) is 0.111. The number of rotatable bonds is 8. The number of hydrogen-bond donors (Lipinski definition) is 0. The molecule has 1 nitrogen and oxygen atoms in total. The molecule has 0 heterocycles. The van der Waals surface area contributed by atoms with Crippen LogP contribution in [0.2, 0.25) is 0 Å². The molecule has 0 amide bonds. The van der Waals surface area contributed by atoms with Crippen LogP contribution in [0.1, 0.15) is 78.9 Å². The van der Waals surface area contributed by atoms with E-state index in [2.05, 4.69) is 188 Å². The number of benzene rings is 10. The van der Waals surface area contributed by atoms with Gasteiger partial charge in [0.05, 0.1) is 6.61 Å². The van der Waals surface area contributed by atoms with E-state index in [0.29, 0.717) is 6.61 Å². The second-order valence-electron chi connectivity index (χ2n) is 18.7. The first kappa shape index (κ1) is 36.4. The fourth-order valence-electron chi connectivity index (χ4n) is 9.52. The molecule has 0 fully saturated rings. The van der Waals surface area contributed by atoms with E-state index < -0.39 is 0 Å². The van der Waals surface area contributed by atoms with E-state index in [0.717, 1.165) is 25.0 Å². The van der Waals surface area contributed by atoms with Gasteiger partial charge in [-0.15, -0.1) is 0 Å². The zero-order valence-corrected chi connectivity index (χ0v) is 35.0. The summed E-state index contributed by atoms with van der Waals surface area (Å²) in [5.74, 6) is 0.964. The molecule has 0 saturated heterocycles. The Morgan fingerprint density at radius 1 is 0.414 bits per heavy atom. The molecule has 0 unspecified atom stereocenters. The van der Waals surface area contributed by atoms with Crippen LogP contribution in [-0.4, -0.2) is 6.61 Å². The van der Waals surface area contributed by atoms with E-state index in [1.54, 1.807) is 0 Å². The van der Waals surface area contributed by atoms with E-state index in [-0.39, 0.29) is 10.8 Å². The monoisotopic (exact) mass is 752 g/mol. The van der Waals surface area contributed by atoms with Gasteiger partial charge in [-0.05, 0) is 139 Å². The molecule has 0 spiro atoms. The molecule has 0 saturated carbocycles. The highest BCUT2D eigenvalue weighted by Crippen LogP contribution is 2.51. The van der Waals surface area contributed by atoms with Crippen LogP contribution >= 0.6 is 0 Å². The van der Waals surface area contributed by atoms with Crippen molar-refractivity contribution in [3.63, 3.8) is 0 Å². The summed E-state index contributed by atoms with van der Waals surface area (Å²) < 4.78 is 6.97. The third kappa shape index (κ3) is 5.98. The third-order valence-corrected chi connectivity index (χ3v) is 12.7. The Morgan fingerprint density at radius 2 is 0.931 bits per heavy atom. The maximum absolute atomic E-state index is 6.97. The highest BCUT2D eigenvalue weighted by molar-refractivity contribution is 6.31. The second kappa shape index (κ2) is 13.6. The number of ether oxygens (including phenoxy) is 1. The molecular formula is C57H52O. The Morgan fingerprint density at radius 3 is 1.53 bits per heavy atom. The summed E-state index contributed by atoms with van der Waals surface area (Å²) in [6, 6.07) is 53.2. The molecule has 0 radical (unpaired) electrons. The molecule has 0 aromatic heterocycles. The Kier molecular flexibility index (Phi) is 8.54. The van der Waals surface area contributed by atoms with Crippen LogP contribution in [0.5, 0.6) is 5.75 Å². The Bertz CT molecular complexity index is 3110. The zero-order chi connectivity index (χ0) is 39.9. The van der Waals surface area contributed by atoms with Crippen molar-refractivity contribution in [3.05, 3.63) is 151 Å². The summed E-state index contributed by atoms with van der Waals surface area (Å²) >= 11 is 0. The summed E-state index contributed by atoms with van der Waals surface area (Å²) in [6.45, 7) is 16.8. The number of unbranched alkanes of at least 4 members (excludes halogenated alkanes) is 2. The summed E-state index contributed by atoms with van der Waals surface area (Å²) in [5, 5.41) is 15.5. The van der Waals surface area contributed by atoms with Gasteiger partial charge in [0.2, 0.25) is 0 Å².